The minimum absolute atomic E-state index is 0.0742. The lowest BCUT2D eigenvalue weighted by Gasteiger charge is -2.12. The molecule has 1 heterocycles. The van der Waals surface area contributed by atoms with E-state index in [9.17, 15) is 9.59 Å². The lowest BCUT2D eigenvalue weighted by molar-refractivity contribution is -0.131. The van der Waals surface area contributed by atoms with Gasteiger partial charge >= 0.3 is 5.97 Å². The second-order valence-corrected chi connectivity index (χ2v) is 6.78. The van der Waals surface area contributed by atoms with Gasteiger partial charge in [0.15, 0.2) is 16.9 Å². The molecule has 0 spiro atoms. The second kappa shape index (κ2) is 6.61. The van der Waals surface area contributed by atoms with Gasteiger partial charge in [-0.2, -0.15) is 0 Å². The van der Waals surface area contributed by atoms with Gasteiger partial charge < -0.3 is 9.47 Å². The van der Waals surface area contributed by atoms with Crippen LogP contribution >= 0.6 is 11.3 Å². The predicted molar refractivity (Wildman–Crippen MR) is 103 cm³/mol. The van der Waals surface area contributed by atoms with Crippen LogP contribution in [0.1, 0.15) is 6.92 Å². The molecular weight excluding hydrogens is 348 g/mol. The smallest absolute Gasteiger partial charge is 0.308 e. The first-order chi connectivity index (χ1) is 12.6. The quantitative estimate of drug-likeness (QED) is 0.288. The number of ether oxygens (including phenoxy) is 2. The molecule has 0 unspecified atom stereocenters. The Labute approximate surface area is 153 Å². The first kappa shape index (κ1) is 16.3. The van der Waals surface area contributed by atoms with E-state index in [1.54, 1.807) is 30.3 Å². The molecule has 0 N–H and O–H groups in total. The molecule has 0 amide bonds. The summed E-state index contributed by atoms with van der Waals surface area (Å²) in [6.45, 7) is 1.33. The molecule has 0 saturated carbocycles. The average Bonchev–Trinajstić information content (AvgIpc) is 2.63. The van der Waals surface area contributed by atoms with Gasteiger partial charge in [0.05, 0.1) is 5.39 Å². The topological polar surface area (TPSA) is 52.6 Å². The number of fused-ring (bicyclic) bond motifs is 2. The largest absolute Gasteiger partial charge is 0.453 e. The summed E-state index contributed by atoms with van der Waals surface area (Å²) in [7, 11) is 0. The van der Waals surface area contributed by atoms with Crippen molar-refractivity contribution < 1.29 is 14.3 Å². The molecule has 0 aliphatic carbocycles. The zero-order chi connectivity index (χ0) is 18.1. The SMILES string of the molecule is CC(=O)Oc1ccccc1Oc1cccc2sc3ccccc3c(=O)c12. The van der Waals surface area contributed by atoms with Crippen LogP contribution < -0.4 is 14.9 Å². The van der Waals surface area contributed by atoms with Crippen molar-refractivity contribution in [3.8, 4) is 17.2 Å². The molecule has 0 bridgehead atoms. The van der Waals surface area contributed by atoms with Crippen molar-refractivity contribution >= 4 is 37.5 Å². The molecule has 4 rings (SSSR count). The summed E-state index contributed by atoms with van der Waals surface area (Å²) >= 11 is 1.54. The van der Waals surface area contributed by atoms with E-state index in [4.69, 9.17) is 9.47 Å². The van der Waals surface area contributed by atoms with Crippen LogP contribution in [0.5, 0.6) is 17.2 Å². The number of benzene rings is 3. The van der Waals surface area contributed by atoms with Crippen LogP contribution in [0.4, 0.5) is 0 Å². The van der Waals surface area contributed by atoms with E-state index in [-0.39, 0.29) is 5.43 Å². The summed E-state index contributed by atoms with van der Waals surface area (Å²) in [5.41, 5.74) is -0.0742. The third-order valence-electron chi connectivity index (χ3n) is 3.89. The second-order valence-electron chi connectivity index (χ2n) is 5.70. The number of rotatable bonds is 3. The highest BCUT2D eigenvalue weighted by atomic mass is 32.1. The molecule has 0 fully saturated rings. The molecule has 0 aliphatic heterocycles. The molecule has 3 aromatic carbocycles. The van der Waals surface area contributed by atoms with Gasteiger partial charge in [0.25, 0.3) is 0 Å². The normalized spacial score (nSPS) is 10.8. The van der Waals surface area contributed by atoms with Crippen LogP contribution in [-0.2, 0) is 4.79 Å². The summed E-state index contributed by atoms with van der Waals surface area (Å²) in [5.74, 6) is 0.701. The van der Waals surface area contributed by atoms with Crippen LogP contribution in [0.3, 0.4) is 0 Å². The van der Waals surface area contributed by atoms with Gasteiger partial charge in [-0.1, -0.05) is 30.3 Å². The van der Waals surface area contributed by atoms with Gasteiger partial charge in [0, 0.05) is 21.7 Å². The Morgan fingerprint density at radius 3 is 2.27 bits per heavy atom. The monoisotopic (exact) mass is 362 g/mol. The molecule has 26 heavy (non-hydrogen) atoms. The minimum atomic E-state index is -0.434. The van der Waals surface area contributed by atoms with Crippen LogP contribution in [0.15, 0.2) is 71.5 Å². The number of hydrogen-bond donors (Lipinski definition) is 0. The van der Waals surface area contributed by atoms with Crippen molar-refractivity contribution in [3.63, 3.8) is 0 Å². The first-order valence-electron chi connectivity index (χ1n) is 8.03. The Hall–Kier alpha value is -3.18. The highest BCUT2D eigenvalue weighted by Crippen LogP contribution is 2.36. The van der Waals surface area contributed by atoms with E-state index in [1.165, 1.54) is 18.3 Å². The molecule has 128 valence electrons. The van der Waals surface area contributed by atoms with Crippen LogP contribution in [0, 0.1) is 0 Å². The van der Waals surface area contributed by atoms with Crippen molar-refractivity contribution in [2.24, 2.45) is 0 Å². The maximum absolute atomic E-state index is 13.0. The summed E-state index contributed by atoms with van der Waals surface area (Å²) < 4.78 is 13.0. The lowest BCUT2D eigenvalue weighted by atomic mass is 10.1. The number of hydrogen-bond acceptors (Lipinski definition) is 5. The highest BCUT2D eigenvalue weighted by molar-refractivity contribution is 7.24. The van der Waals surface area contributed by atoms with E-state index in [0.717, 1.165) is 9.40 Å². The van der Waals surface area contributed by atoms with Gasteiger partial charge in [-0.3, -0.25) is 9.59 Å². The van der Waals surface area contributed by atoms with Gasteiger partial charge in [-0.25, -0.2) is 0 Å². The first-order valence-corrected chi connectivity index (χ1v) is 8.85. The predicted octanol–water partition coefficient (Wildman–Crippen LogP) is 5.13. The minimum Gasteiger partial charge on any atom is -0.453 e. The number of esters is 1. The molecule has 0 aliphatic rings. The van der Waals surface area contributed by atoms with Crippen molar-refractivity contribution in [1.82, 2.24) is 0 Å². The van der Waals surface area contributed by atoms with Gasteiger partial charge in [-0.05, 0) is 36.4 Å². The van der Waals surface area contributed by atoms with Crippen molar-refractivity contribution in [2.75, 3.05) is 0 Å². The van der Waals surface area contributed by atoms with Crippen LogP contribution in [0.25, 0.3) is 20.2 Å². The van der Waals surface area contributed by atoms with E-state index >= 15 is 0 Å². The molecule has 4 aromatic rings. The highest BCUT2D eigenvalue weighted by Gasteiger charge is 2.14. The Bertz CT molecular complexity index is 1190. The molecular formula is C21H14O4S. The van der Waals surface area contributed by atoms with Gasteiger partial charge in [-0.15, -0.1) is 11.3 Å². The Morgan fingerprint density at radius 2 is 1.46 bits per heavy atom. The standard InChI is InChI=1S/C21H14O4S/c1-13(22)24-15-8-3-4-9-16(15)25-17-10-6-12-19-20(17)21(23)14-7-2-5-11-18(14)26-19/h2-12H,1H3. The fourth-order valence-electron chi connectivity index (χ4n) is 2.79. The van der Waals surface area contributed by atoms with E-state index in [1.807, 2.05) is 36.4 Å². The summed E-state index contributed by atoms with van der Waals surface area (Å²) in [5, 5.41) is 1.18. The van der Waals surface area contributed by atoms with Gasteiger partial charge in [0.2, 0.25) is 0 Å². The lowest BCUT2D eigenvalue weighted by Crippen LogP contribution is -2.04. The maximum atomic E-state index is 13.0. The Morgan fingerprint density at radius 1 is 0.808 bits per heavy atom. The fourth-order valence-corrected chi connectivity index (χ4v) is 3.89. The van der Waals surface area contributed by atoms with Crippen LogP contribution in [0.2, 0.25) is 0 Å². The third kappa shape index (κ3) is 2.93. The zero-order valence-corrected chi connectivity index (χ0v) is 14.7. The average molecular weight is 362 g/mol. The molecule has 1 aromatic heterocycles. The molecule has 4 nitrogen and oxygen atoms in total. The molecule has 5 heteroatoms. The van der Waals surface area contributed by atoms with Crippen LogP contribution in [-0.4, -0.2) is 5.97 Å². The molecule has 0 saturated heterocycles. The maximum Gasteiger partial charge on any atom is 0.308 e. The summed E-state index contributed by atoms with van der Waals surface area (Å²) in [6, 6.07) is 19.9. The van der Waals surface area contributed by atoms with E-state index in [2.05, 4.69) is 0 Å². The number of carbonyl (C=O) groups excluding carboxylic acids is 1. The zero-order valence-electron chi connectivity index (χ0n) is 13.9. The fraction of sp³-hybridized carbons (Fsp3) is 0.0476. The van der Waals surface area contributed by atoms with Gasteiger partial charge in [0.1, 0.15) is 5.75 Å². The van der Waals surface area contributed by atoms with E-state index < -0.39 is 5.97 Å². The van der Waals surface area contributed by atoms with Crippen molar-refractivity contribution in [3.05, 3.63) is 77.0 Å². The van der Waals surface area contributed by atoms with Crippen molar-refractivity contribution in [1.29, 1.82) is 0 Å². The Kier molecular flexibility index (Phi) is 4.14. The van der Waals surface area contributed by atoms with E-state index in [0.29, 0.717) is 28.0 Å². The van der Waals surface area contributed by atoms with Crippen molar-refractivity contribution in [2.45, 2.75) is 6.92 Å². The third-order valence-corrected chi connectivity index (χ3v) is 5.03. The number of carbonyl (C=O) groups is 1. The molecule has 0 atom stereocenters. The Balaban J connectivity index is 1.90. The number of para-hydroxylation sites is 2. The summed E-state index contributed by atoms with van der Waals surface area (Å²) in [6.07, 6.45) is 0. The summed E-state index contributed by atoms with van der Waals surface area (Å²) in [4.78, 5) is 24.3. The molecule has 0 radical (unpaired) electrons.